The van der Waals surface area contributed by atoms with E-state index in [9.17, 15) is 9.59 Å². The minimum atomic E-state index is -0.949. The van der Waals surface area contributed by atoms with E-state index in [1.165, 1.54) is 0 Å². The van der Waals surface area contributed by atoms with Crippen molar-refractivity contribution in [3.8, 4) is 0 Å². The molecule has 1 rings (SSSR count). The van der Waals surface area contributed by atoms with E-state index >= 15 is 0 Å². The Morgan fingerprint density at radius 1 is 1.39 bits per heavy atom. The van der Waals surface area contributed by atoms with Crippen LogP contribution in [0, 0.1) is 11.3 Å². The minimum absolute atomic E-state index is 0.0718. The summed E-state index contributed by atoms with van der Waals surface area (Å²) in [6, 6.07) is -0.960. The van der Waals surface area contributed by atoms with Gasteiger partial charge in [0.15, 0.2) is 0 Å². The van der Waals surface area contributed by atoms with Crippen molar-refractivity contribution in [2.75, 3.05) is 0 Å². The number of carbonyl (C=O) groups is 2. The number of aliphatic carboxylic acids is 1. The van der Waals surface area contributed by atoms with Crippen LogP contribution >= 0.6 is 0 Å². The lowest BCUT2D eigenvalue weighted by molar-refractivity contribution is -0.142. The van der Waals surface area contributed by atoms with E-state index in [0.29, 0.717) is 0 Å². The third kappa shape index (κ3) is 5.49. The normalized spacial score (nSPS) is 19.1. The van der Waals surface area contributed by atoms with Gasteiger partial charge in [0, 0.05) is 12.5 Å². The number of hydrogen-bond donors (Lipinski definition) is 3. The van der Waals surface area contributed by atoms with Crippen molar-refractivity contribution in [2.45, 2.75) is 58.5 Å². The zero-order valence-corrected chi connectivity index (χ0v) is 11.4. The Balaban J connectivity index is 2.38. The molecule has 0 aliphatic heterocycles. The maximum atomic E-state index is 11.7. The molecular weight excluding hydrogens is 232 g/mol. The Hall–Kier alpha value is -1.10. The van der Waals surface area contributed by atoms with Gasteiger partial charge in [-0.3, -0.25) is 4.79 Å². The van der Waals surface area contributed by atoms with Crippen LogP contribution < -0.4 is 11.1 Å². The van der Waals surface area contributed by atoms with Gasteiger partial charge >= 0.3 is 5.97 Å². The van der Waals surface area contributed by atoms with Crippen LogP contribution in [0.25, 0.3) is 0 Å². The van der Waals surface area contributed by atoms with Gasteiger partial charge < -0.3 is 16.2 Å². The first-order valence-electron chi connectivity index (χ1n) is 6.47. The number of carboxylic acid groups (broad SMARTS) is 1. The Kier molecular flexibility index (Phi) is 4.73. The summed E-state index contributed by atoms with van der Waals surface area (Å²) in [5, 5.41) is 11.6. The van der Waals surface area contributed by atoms with E-state index in [-0.39, 0.29) is 29.7 Å². The van der Waals surface area contributed by atoms with Gasteiger partial charge in [-0.1, -0.05) is 20.8 Å². The molecule has 1 aliphatic rings. The van der Waals surface area contributed by atoms with E-state index in [1.807, 2.05) is 0 Å². The molecule has 1 amide bonds. The van der Waals surface area contributed by atoms with Crippen LogP contribution in [0.5, 0.6) is 0 Å². The highest BCUT2D eigenvalue weighted by molar-refractivity contribution is 5.84. The van der Waals surface area contributed by atoms with Crippen molar-refractivity contribution in [3.05, 3.63) is 0 Å². The summed E-state index contributed by atoms with van der Waals surface area (Å²) in [5.41, 5.74) is 5.97. The zero-order valence-electron chi connectivity index (χ0n) is 11.4. The van der Waals surface area contributed by atoms with Gasteiger partial charge in [-0.25, -0.2) is 4.79 Å². The molecule has 0 radical (unpaired) electrons. The second-order valence-corrected chi connectivity index (χ2v) is 6.45. The molecule has 0 aromatic rings. The number of carbonyl (C=O) groups excluding carboxylic acids is 1. The third-order valence-corrected chi connectivity index (χ3v) is 3.00. The van der Waals surface area contributed by atoms with Crippen molar-refractivity contribution in [3.63, 3.8) is 0 Å². The molecule has 2 unspecified atom stereocenters. The van der Waals surface area contributed by atoms with Crippen molar-refractivity contribution in [1.29, 1.82) is 0 Å². The maximum Gasteiger partial charge on any atom is 0.326 e. The van der Waals surface area contributed by atoms with Crippen LogP contribution in [0.4, 0.5) is 0 Å². The molecule has 2 atom stereocenters. The van der Waals surface area contributed by atoms with Crippen molar-refractivity contribution < 1.29 is 14.7 Å². The van der Waals surface area contributed by atoms with Gasteiger partial charge in [-0.2, -0.15) is 0 Å². The highest BCUT2D eigenvalue weighted by Gasteiger charge is 2.37. The van der Waals surface area contributed by atoms with Crippen molar-refractivity contribution in [1.82, 2.24) is 5.32 Å². The van der Waals surface area contributed by atoms with Crippen LogP contribution in [-0.2, 0) is 9.59 Å². The largest absolute Gasteiger partial charge is 0.480 e. The second kappa shape index (κ2) is 5.69. The zero-order chi connectivity index (χ0) is 13.9. The molecule has 1 aliphatic carbocycles. The fraction of sp³-hybridized carbons (Fsp3) is 0.846. The van der Waals surface area contributed by atoms with Gasteiger partial charge in [0.1, 0.15) is 6.04 Å². The number of rotatable bonds is 6. The van der Waals surface area contributed by atoms with Crippen LogP contribution in [0.1, 0.15) is 46.5 Å². The molecule has 0 aromatic heterocycles. The summed E-state index contributed by atoms with van der Waals surface area (Å²) < 4.78 is 0. The lowest BCUT2D eigenvalue weighted by atomic mass is 9.87. The maximum absolute atomic E-state index is 11.7. The number of nitrogens with two attached hydrogens (primary N) is 1. The Morgan fingerprint density at radius 2 is 1.94 bits per heavy atom. The molecule has 18 heavy (non-hydrogen) atoms. The van der Waals surface area contributed by atoms with Crippen molar-refractivity contribution >= 4 is 11.9 Å². The molecule has 0 aromatic carbocycles. The van der Waals surface area contributed by atoms with E-state index in [0.717, 1.165) is 19.3 Å². The molecule has 104 valence electrons. The molecule has 0 spiro atoms. The molecule has 5 heteroatoms. The lowest BCUT2D eigenvalue weighted by Gasteiger charge is -2.23. The lowest BCUT2D eigenvalue weighted by Crippen LogP contribution is -2.44. The topological polar surface area (TPSA) is 92.4 Å². The first-order chi connectivity index (χ1) is 8.19. The SMILES string of the molecule is CC(C)(C)CC(N)CC(=O)NC(C(=O)O)C1CC1. The van der Waals surface area contributed by atoms with E-state index in [1.54, 1.807) is 0 Å². The first-order valence-corrected chi connectivity index (χ1v) is 6.47. The fourth-order valence-corrected chi connectivity index (χ4v) is 2.14. The average Bonchev–Trinajstić information content (AvgIpc) is 2.92. The summed E-state index contributed by atoms with van der Waals surface area (Å²) >= 11 is 0. The Bertz CT molecular complexity index is 319. The van der Waals surface area contributed by atoms with Gasteiger partial charge in [0.05, 0.1) is 0 Å². The van der Waals surface area contributed by atoms with Crippen LogP contribution in [0.15, 0.2) is 0 Å². The number of amides is 1. The molecule has 1 fully saturated rings. The molecule has 0 heterocycles. The number of hydrogen-bond acceptors (Lipinski definition) is 3. The molecule has 0 saturated heterocycles. The second-order valence-electron chi connectivity index (χ2n) is 6.45. The quantitative estimate of drug-likeness (QED) is 0.664. The van der Waals surface area contributed by atoms with Gasteiger partial charge in [-0.15, -0.1) is 0 Å². The summed E-state index contributed by atoms with van der Waals surface area (Å²) in [7, 11) is 0. The standard InChI is InChI=1S/C13H24N2O3/c1-13(2,3)7-9(14)6-10(16)15-11(12(17)18)8-4-5-8/h8-9,11H,4-7,14H2,1-3H3,(H,15,16)(H,17,18). The average molecular weight is 256 g/mol. The highest BCUT2D eigenvalue weighted by atomic mass is 16.4. The first kappa shape index (κ1) is 15.0. The van der Waals surface area contributed by atoms with Gasteiger partial charge in [-0.05, 0) is 30.6 Å². The number of nitrogens with one attached hydrogen (secondary N) is 1. The summed E-state index contributed by atoms with van der Waals surface area (Å²) in [6.45, 7) is 6.19. The van der Waals surface area contributed by atoms with E-state index < -0.39 is 12.0 Å². The minimum Gasteiger partial charge on any atom is -0.480 e. The summed E-state index contributed by atoms with van der Waals surface area (Å²) in [5.74, 6) is -1.11. The van der Waals surface area contributed by atoms with Crippen molar-refractivity contribution in [2.24, 2.45) is 17.1 Å². The predicted molar refractivity (Wildman–Crippen MR) is 69.0 cm³/mol. The third-order valence-electron chi connectivity index (χ3n) is 3.00. The fourth-order valence-electron chi connectivity index (χ4n) is 2.14. The molecule has 0 bridgehead atoms. The number of carboxylic acids is 1. The van der Waals surface area contributed by atoms with Crippen LogP contribution in [0.3, 0.4) is 0 Å². The molecule has 4 N–H and O–H groups in total. The van der Waals surface area contributed by atoms with Crippen LogP contribution in [0.2, 0.25) is 0 Å². The Morgan fingerprint density at radius 3 is 2.33 bits per heavy atom. The molecule has 1 saturated carbocycles. The van der Waals surface area contributed by atoms with Gasteiger partial charge in [0.25, 0.3) is 0 Å². The van der Waals surface area contributed by atoms with Gasteiger partial charge in [0.2, 0.25) is 5.91 Å². The molecule has 5 nitrogen and oxygen atoms in total. The summed E-state index contributed by atoms with van der Waals surface area (Å²) in [4.78, 5) is 22.7. The predicted octanol–water partition coefficient (Wildman–Crippen LogP) is 1.12. The van der Waals surface area contributed by atoms with Crippen LogP contribution in [-0.4, -0.2) is 29.1 Å². The highest BCUT2D eigenvalue weighted by Crippen LogP contribution is 2.32. The van der Waals surface area contributed by atoms with E-state index in [4.69, 9.17) is 10.8 Å². The monoisotopic (exact) mass is 256 g/mol. The molecular formula is C13H24N2O3. The Labute approximate surface area is 108 Å². The summed E-state index contributed by atoms with van der Waals surface area (Å²) in [6.07, 6.45) is 2.69. The van der Waals surface area contributed by atoms with E-state index in [2.05, 4.69) is 26.1 Å². The smallest absolute Gasteiger partial charge is 0.326 e.